The van der Waals surface area contributed by atoms with Crippen molar-refractivity contribution in [1.82, 2.24) is 0 Å². The van der Waals surface area contributed by atoms with Crippen molar-refractivity contribution in [3.05, 3.63) is 11.8 Å². The van der Waals surface area contributed by atoms with E-state index in [1.165, 1.54) is 44.1 Å². The van der Waals surface area contributed by atoms with Gasteiger partial charge in [-0.3, -0.25) is 0 Å². The van der Waals surface area contributed by atoms with Crippen LogP contribution in [0.5, 0.6) is 0 Å². The summed E-state index contributed by atoms with van der Waals surface area (Å²) in [4.78, 5) is 0. The van der Waals surface area contributed by atoms with Crippen molar-refractivity contribution < 1.29 is 9.47 Å². The van der Waals surface area contributed by atoms with Crippen molar-refractivity contribution in [2.24, 2.45) is 0 Å². The quantitative estimate of drug-likeness (QED) is 0.664. The zero-order valence-corrected chi connectivity index (χ0v) is 9.71. The average molecular weight is 210 g/mol. The summed E-state index contributed by atoms with van der Waals surface area (Å²) in [5.74, 6) is 0. The van der Waals surface area contributed by atoms with Gasteiger partial charge in [0.05, 0.1) is 12.4 Å². The van der Waals surface area contributed by atoms with Crippen LogP contribution >= 0.6 is 0 Å². The first-order valence-electron chi connectivity index (χ1n) is 6.31. The highest BCUT2D eigenvalue weighted by molar-refractivity contribution is 5.02. The molecule has 1 aliphatic heterocycles. The maximum absolute atomic E-state index is 5.78. The van der Waals surface area contributed by atoms with Crippen molar-refractivity contribution >= 4 is 0 Å². The van der Waals surface area contributed by atoms with E-state index in [0.29, 0.717) is 6.10 Å². The molecular formula is C13H22O2. The molecule has 86 valence electrons. The molecule has 2 rings (SSSR count). The van der Waals surface area contributed by atoms with Crippen LogP contribution in [0.25, 0.3) is 0 Å². The third-order valence-corrected chi connectivity index (χ3v) is 3.43. The van der Waals surface area contributed by atoms with Gasteiger partial charge in [0, 0.05) is 6.61 Å². The second-order valence-electron chi connectivity index (χ2n) is 4.73. The van der Waals surface area contributed by atoms with Crippen LogP contribution in [0.4, 0.5) is 0 Å². The fourth-order valence-corrected chi connectivity index (χ4v) is 2.37. The molecular weight excluding hydrogens is 188 g/mol. The normalized spacial score (nSPS) is 28.9. The molecule has 0 radical (unpaired) electrons. The molecule has 1 saturated carbocycles. The summed E-state index contributed by atoms with van der Waals surface area (Å²) >= 11 is 0. The van der Waals surface area contributed by atoms with Gasteiger partial charge >= 0.3 is 0 Å². The van der Waals surface area contributed by atoms with E-state index in [0.717, 1.165) is 13.0 Å². The molecule has 2 aliphatic rings. The van der Waals surface area contributed by atoms with E-state index in [-0.39, 0.29) is 6.10 Å². The minimum absolute atomic E-state index is 0.221. The Bertz CT molecular complexity index is 209. The summed E-state index contributed by atoms with van der Waals surface area (Å²) in [5.41, 5.74) is 1.48. The fourth-order valence-electron chi connectivity index (χ4n) is 2.37. The van der Waals surface area contributed by atoms with Gasteiger partial charge in [-0.25, -0.2) is 0 Å². The molecule has 2 atom stereocenters. The van der Waals surface area contributed by atoms with Gasteiger partial charge in [-0.1, -0.05) is 0 Å². The van der Waals surface area contributed by atoms with E-state index in [1.54, 1.807) is 0 Å². The molecule has 1 aliphatic carbocycles. The van der Waals surface area contributed by atoms with Crippen molar-refractivity contribution in [1.29, 1.82) is 0 Å². The van der Waals surface area contributed by atoms with Gasteiger partial charge in [0.1, 0.15) is 6.10 Å². The molecule has 0 aromatic rings. The predicted octanol–water partition coefficient (Wildman–Crippen LogP) is 3.42. The molecule has 0 aromatic carbocycles. The summed E-state index contributed by atoms with van der Waals surface area (Å²) in [7, 11) is 0. The van der Waals surface area contributed by atoms with Gasteiger partial charge in [0.25, 0.3) is 0 Å². The molecule has 0 amide bonds. The van der Waals surface area contributed by atoms with Crippen molar-refractivity contribution in [2.45, 2.75) is 64.1 Å². The Morgan fingerprint density at radius 3 is 2.73 bits per heavy atom. The fraction of sp³-hybridized carbons (Fsp3) is 0.846. The first kappa shape index (κ1) is 11.0. The zero-order chi connectivity index (χ0) is 10.5. The zero-order valence-electron chi connectivity index (χ0n) is 9.71. The van der Waals surface area contributed by atoms with Gasteiger partial charge in [-0.2, -0.15) is 0 Å². The first-order chi connectivity index (χ1) is 7.36. The monoisotopic (exact) mass is 210 g/mol. The molecule has 2 unspecified atom stereocenters. The number of hydrogen-bond donors (Lipinski definition) is 0. The van der Waals surface area contributed by atoms with Gasteiger partial charge in [-0.05, 0) is 57.4 Å². The highest BCUT2D eigenvalue weighted by Crippen LogP contribution is 2.25. The van der Waals surface area contributed by atoms with Crippen LogP contribution in [0.2, 0.25) is 0 Å². The van der Waals surface area contributed by atoms with Crippen LogP contribution in [0, 0.1) is 0 Å². The molecule has 2 heteroatoms. The second kappa shape index (κ2) is 5.55. The van der Waals surface area contributed by atoms with Crippen LogP contribution in [-0.4, -0.2) is 18.8 Å². The number of ether oxygens (including phenoxy) is 2. The van der Waals surface area contributed by atoms with Crippen LogP contribution in [-0.2, 0) is 9.47 Å². The molecule has 0 aromatic heterocycles. The van der Waals surface area contributed by atoms with Crippen LogP contribution in [0.15, 0.2) is 11.8 Å². The maximum Gasteiger partial charge on any atom is 0.121 e. The lowest BCUT2D eigenvalue weighted by molar-refractivity contribution is -0.0595. The summed E-state index contributed by atoms with van der Waals surface area (Å²) < 4.78 is 11.5. The lowest BCUT2D eigenvalue weighted by Gasteiger charge is -2.27. The molecule has 2 fully saturated rings. The Balaban J connectivity index is 1.75. The van der Waals surface area contributed by atoms with E-state index >= 15 is 0 Å². The van der Waals surface area contributed by atoms with Gasteiger partial charge in [0.15, 0.2) is 0 Å². The smallest absolute Gasteiger partial charge is 0.121 e. The van der Waals surface area contributed by atoms with Crippen molar-refractivity contribution in [3.63, 3.8) is 0 Å². The third-order valence-electron chi connectivity index (χ3n) is 3.43. The molecule has 1 saturated heterocycles. The summed E-state index contributed by atoms with van der Waals surface area (Å²) in [6.07, 6.45) is 11.3. The van der Waals surface area contributed by atoms with Crippen molar-refractivity contribution in [3.8, 4) is 0 Å². The number of rotatable bonds is 3. The number of allylic oxidation sites excluding steroid dienone is 1. The molecule has 0 N–H and O–H groups in total. The Kier molecular flexibility index (Phi) is 4.07. The van der Waals surface area contributed by atoms with E-state index in [2.05, 4.69) is 6.92 Å². The highest BCUT2D eigenvalue weighted by atomic mass is 16.5. The number of hydrogen-bond acceptors (Lipinski definition) is 2. The van der Waals surface area contributed by atoms with Gasteiger partial charge in [-0.15, -0.1) is 0 Å². The second-order valence-corrected chi connectivity index (χ2v) is 4.73. The Labute approximate surface area is 92.6 Å². The van der Waals surface area contributed by atoms with Crippen LogP contribution < -0.4 is 0 Å². The van der Waals surface area contributed by atoms with E-state index < -0.39 is 0 Å². The minimum Gasteiger partial charge on any atom is -0.496 e. The van der Waals surface area contributed by atoms with E-state index in [1.807, 2.05) is 6.26 Å². The maximum atomic E-state index is 5.78. The van der Waals surface area contributed by atoms with Gasteiger partial charge in [0.2, 0.25) is 0 Å². The summed E-state index contributed by atoms with van der Waals surface area (Å²) in [6, 6.07) is 0. The minimum atomic E-state index is 0.221. The average Bonchev–Trinajstić information content (AvgIpc) is 2.80. The lowest BCUT2D eigenvalue weighted by atomic mass is 10.1. The van der Waals surface area contributed by atoms with E-state index in [9.17, 15) is 0 Å². The molecule has 0 bridgehead atoms. The SMILES string of the molecule is CC(OC=C1CCCC1)C1CCCCO1. The first-order valence-corrected chi connectivity index (χ1v) is 6.31. The summed E-state index contributed by atoms with van der Waals surface area (Å²) in [5, 5.41) is 0. The highest BCUT2D eigenvalue weighted by Gasteiger charge is 2.21. The topological polar surface area (TPSA) is 18.5 Å². The van der Waals surface area contributed by atoms with Crippen LogP contribution in [0.1, 0.15) is 51.9 Å². The molecule has 0 spiro atoms. The Hall–Kier alpha value is -0.500. The van der Waals surface area contributed by atoms with Gasteiger partial charge < -0.3 is 9.47 Å². The Morgan fingerprint density at radius 2 is 2.07 bits per heavy atom. The summed E-state index contributed by atoms with van der Waals surface area (Å²) in [6.45, 7) is 3.04. The van der Waals surface area contributed by atoms with E-state index in [4.69, 9.17) is 9.47 Å². The molecule has 1 heterocycles. The molecule has 15 heavy (non-hydrogen) atoms. The molecule has 2 nitrogen and oxygen atoms in total. The lowest BCUT2D eigenvalue weighted by Crippen LogP contribution is -2.31. The standard InChI is InChI=1S/C13H22O2/c1-11(13-8-4-5-9-14-13)15-10-12-6-2-3-7-12/h10-11,13H,2-9H2,1H3. The largest absolute Gasteiger partial charge is 0.496 e. The van der Waals surface area contributed by atoms with Crippen LogP contribution in [0.3, 0.4) is 0 Å². The third kappa shape index (κ3) is 3.23. The predicted molar refractivity (Wildman–Crippen MR) is 60.7 cm³/mol. The Morgan fingerprint density at radius 1 is 1.27 bits per heavy atom. The van der Waals surface area contributed by atoms with Crippen molar-refractivity contribution in [2.75, 3.05) is 6.61 Å².